The first kappa shape index (κ1) is 14.9. The highest BCUT2D eigenvalue weighted by molar-refractivity contribution is 5.66. The predicted molar refractivity (Wildman–Crippen MR) is 74.3 cm³/mol. The Balaban J connectivity index is 2.04. The second kappa shape index (κ2) is 7.36. The molecule has 0 aromatic carbocycles. The van der Waals surface area contributed by atoms with Crippen LogP contribution in [-0.4, -0.2) is 31.3 Å². The topological polar surface area (TPSA) is 80.9 Å². The largest absolute Gasteiger partial charge is 0.481 e. The van der Waals surface area contributed by atoms with Crippen molar-refractivity contribution in [1.82, 2.24) is 20.2 Å². The normalized spacial score (nSPS) is 18.6. The summed E-state index contributed by atoms with van der Waals surface area (Å²) in [6, 6.07) is 0. The van der Waals surface area contributed by atoms with Crippen LogP contribution >= 0.6 is 0 Å². The molecule has 6 heteroatoms. The Morgan fingerprint density at radius 1 is 1.35 bits per heavy atom. The van der Waals surface area contributed by atoms with Crippen LogP contribution in [0.25, 0.3) is 0 Å². The molecule has 1 unspecified atom stereocenters. The summed E-state index contributed by atoms with van der Waals surface area (Å²) in [4.78, 5) is 10.9. The van der Waals surface area contributed by atoms with E-state index < -0.39 is 5.97 Å². The van der Waals surface area contributed by atoms with Crippen molar-refractivity contribution in [2.75, 3.05) is 0 Å². The lowest BCUT2D eigenvalue weighted by Gasteiger charge is -2.17. The highest BCUT2D eigenvalue weighted by atomic mass is 16.4. The molecule has 1 fully saturated rings. The second-order valence-corrected chi connectivity index (χ2v) is 5.78. The van der Waals surface area contributed by atoms with Gasteiger partial charge in [0.1, 0.15) is 0 Å². The Labute approximate surface area is 119 Å². The van der Waals surface area contributed by atoms with Gasteiger partial charge in [-0.25, -0.2) is 4.68 Å². The Kier molecular flexibility index (Phi) is 5.49. The van der Waals surface area contributed by atoms with Crippen LogP contribution in [0.2, 0.25) is 0 Å². The number of nitrogens with zero attached hydrogens (tertiary/aromatic N) is 4. The van der Waals surface area contributed by atoms with Crippen molar-refractivity contribution >= 4 is 5.97 Å². The Hall–Kier alpha value is -1.46. The average Bonchev–Trinajstić information content (AvgIpc) is 2.71. The van der Waals surface area contributed by atoms with E-state index in [-0.39, 0.29) is 12.3 Å². The first-order valence-corrected chi connectivity index (χ1v) is 7.68. The van der Waals surface area contributed by atoms with Crippen LogP contribution in [-0.2, 0) is 11.3 Å². The van der Waals surface area contributed by atoms with Gasteiger partial charge in [0, 0.05) is 18.9 Å². The summed E-state index contributed by atoms with van der Waals surface area (Å²) in [7, 11) is 0. The van der Waals surface area contributed by atoms with Gasteiger partial charge in [0.25, 0.3) is 0 Å². The van der Waals surface area contributed by atoms with Crippen molar-refractivity contribution < 1.29 is 9.90 Å². The van der Waals surface area contributed by atoms with E-state index in [0.717, 1.165) is 25.1 Å². The van der Waals surface area contributed by atoms with E-state index in [9.17, 15) is 4.79 Å². The van der Waals surface area contributed by atoms with Crippen molar-refractivity contribution in [1.29, 1.82) is 0 Å². The fourth-order valence-corrected chi connectivity index (χ4v) is 3.00. The summed E-state index contributed by atoms with van der Waals surface area (Å²) in [5.74, 6) is 0.743. The monoisotopic (exact) mass is 280 g/mol. The number of aliphatic carboxylic acids is 1. The van der Waals surface area contributed by atoms with Crippen LogP contribution in [0.4, 0.5) is 0 Å². The number of tetrazole rings is 1. The molecule has 6 nitrogen and oxygen atoms in total. The molecule has 0 spiro atoms. The molecule has 1 heterocycles. The maximum absolute atomic E-state index is 10.9. The van der Waals surface area contributed by atoms with Crippen molar-refractivity contribution in [2.24, 2.45) is 5.92 Å². The summed E-state index contributed by atoms with van der Waals surface area (Å²) in [5.41, 5.74) is 0. The highest BCUT2D eigenvalue weighted by Crippen LogP contribution is 2.30. The van der Waals surface area contributed by atoms with Crippen LogP contribution in [0.1, 0.15) is 70.0 Å². The minimum Gasteiger partial charge on any atom is -0.481 e. The summed E-state index contributed by atoms with van der Waals surface area (Å²) < 4.78 is 1.84. The van der Waals surface area contributed by atoms with Gasteiger partial charge in [0.05, 0.1) is 0 Å². The molecule has 1 saturated carbocycles. The van der Waals surface area contributed by atoms with Crippen LogP contribution < -0.4 is 0 Å². The van der Waals surface area contributed by atoms with Crippen LogP contribution in [0.5, 0.6) is 0 Å². The minimum absolute atomic E-state index is 0.0977. The van der Waals surface area contributed by atoms with E-state index in [2.05, 4.69) is 15.5 Å². The molecule has 1 N–H and O–H groups in total. The Morgan fingerprint density at radius 2 is 2.05 bits per heavy atom. The van der Waals surface area contributed by atoms with E-state index >= 15 is 0 Å². The van der Waals surface area contributed by atoms with E-state index in [4.69, 9.17) is 5.11 Å². The van der Waals surface area contributed by atoms with Crippen molar-refractivity contribution in [3.8, 4) is 0 Å². The van der Waals surface area contributed by atoms with Gasteiger partial charge in [0.15, 0.2) is 5.82 Å². The lowest BCUT2D eigenvalue weighted by Crippen LogP contribution is -2.18. The Bertz CT molecular complexity index is 425. The molecule has 0 saturated heterocycles. The maximum Gasteiger partial charge on any atom is 0.303 e. The molecular weight excluding hydrogens is 256 g/mol. The van der Waals surface area contributed by atoms with Gasteiger partial charge in [-0.15, -0.1) is 5.10 Å². The number of rotatable bonds is 6. The standard InChI is InChI=1S/C14H24N4O2/c1-2-11(9-13(19)20)10-18-14(15-16-17-18)12-7-5-3-4-6-8-12/h11-12H,2-10H2,1H3,(H,19,20). The van der Waals surface area contributed by atoms with Gasteiger partial charge in [-0.2, -0.15) is 0 Å². The molecule has 2 rings (SSSR count). The molecule has 1 aromatic rings. The van der Waals surface area contributed by atoms with E-state index in [1.807, 2.05) is 11.6 Å². The zero-order valence-electron chi connectivity index (χ0n) is 12.2. The lowest BCUT2D eigenvalue weighted by atomic mass is 9.98. The molecule has 112 valence electrons. The lowest BCUT2D eigenvalue weighted by molar-refractivity contribution is -0.138. The summed E-state index contributed by atoms with van der Waals surface area (Å²) >= 11 is 0. The summed E-state index contributed by atoms with van der Waals surface area (Å²) in [5, 5.41) is 21.0. The third-order valence-corrected chi connectivity index (χ3v) is 4.25. The fraction of sp³-hybridized carbons (Fsp3) is 0.857. The second-order valence-electron chi connectivity index (χ2n) is 5.78. The number of hydrogen-bond acceptors (Lipinski definition) is 4. The molecule has 0 amide bonds. The first-order chi connectivity index (χ1) is 9.70. The third kappa shape index (κ3) is 4.02. The molecule has 0 aliphatic heterocycles. The van der Waals surface area contributed by atoms with Crippen LogP contribution in [0, 0.1) is 5.92 Å². The van der Waals surface area contributed by atoms with Gasteiger partial charge < -0.3 is 5.11 Å². The number of carboxylic acid groups (broad SMARTS) is 1. The molecular formula is C14H24N4O2. The zero-order chi connectivity index (χ0) is 14.4. The molecule has 1 aliphatic carbocycles. The number of carboxylic acids is 1. The number of hydrogen-bond donors (Lipinski definition) is 1. The van der Waals surface area contributed by atoms with Crippen LogP contribution in [0.3, 0.4) is 0 Å². The number of carbonyl (C=O) groups is 1. The van der Waals surface area contributed by atoms with Crippen molar-refractivity contribution in [2.45, 2.75) is 70.8 Å². The first-order valence-electron chi connectivity index (χ1n) is 7.68. The van der Waals surface area contributed by atoms with Gasteiger partial charge in [-0.1, -0.05) is 39.0 Å². The van der Waals surface area contributed by atoms with Gasteiger partial charge in [-0.3, -0.25) is 4.79 Å². The smallest absolute Gasteiger partial charge is 0.303 e. The fourth-order valence-electron chi connectivity index (χ4n) is 3.00. The average molecular weight is 280 g/mol. The predicted octanol–water partition coefficient (Wildman–Crippen LogP) is 2.61. The molecule has 1 aliphatic rings. The molecule has 20 heavy (non-hydrogen) atoms. The number of aromatic nitrogens is 4. The SMILES string of the molecule is CCC(CC(=O)O)Cn1nnnc1C1CCCCCC1. The molecule has 0 bridgehead atoms. The van der Waals surface area contributed by atoms with E-state index in [1.165, 1.54) is 25.7 Å². The maximum atomic E-state index is 10.9. The quantitative estimate of drug-likeness (QED) is 0.810. The van der Waals surface area contributed by atoms with Gasteiger partial charge in [-0.05, 0) is 29.2 Å². The highest BCUT2D eigenvalue weighted by Gasteiger charge is 2.22. The van der Waals surface area contributed by atoms with E-state index in [0.29, 0.717) is 12.5 Å². The minimum atomic E-state index is -0.749. The van der Waals surface area contributed by atoms with E-state index in [1.54, 1.807) is 0 Å². The molecule has 1 aromatic heterocycles. The van der Waals surface area contributed by atoms with Gasteiger partial charge >= 0.3 is 5.97 Å². The van der Waals surface area contributed by atoms with Crippen LogP contribution in [0.15, 0.2) is 0 Å². The third-order valence-electron chi connectivity index (χ3n) is 4.25. The van der Waals surface area contributed by atoms with Crippen molar-refractivity contribution in [3.63, 3.8) is 0 Å². The van der Waals surface area contributed by atoms with Crippen molar-refractivity contribution in [3.05, 3.63) is 5.82 Å². The summed E-state index contributed by atoms with van der Waals surface area (Å²) in [6.45, 7) is 2.63. The molecule has 1 atom stereocenters. The Morgan fingerprint density at radius 3 is 2.65 bits per heavy atom. The molecule has 0 radical (unpaired) electrons. The van der Waals surface area contributed by atoms with Gasteiger partial charge in [0.2, 0.25) is 0 Å². The zero-order valence-corrected chi connectivity index (χ0v) is 12.2. The summed E-state index contributed by atoms with van der Waals surface area (Å²) in [6.07, 6.45) is 8.39.